The number of halogens is 1. The molecular weight excluding hydrogens is 270 g/mol. The summed E-state index contributed by atoms with van der Waals surface area (Å²) >= 11 is 6.18. The molecule has 108 valence electrons. The second kappa shape index (κ2) is 4.59. The summed E-state index contributed by atoms with van der Waals surface area (Å²) in [4.78, 5) is 11.6. The predicted molar refractivity (Wildman–Crippen MR) is 81.3 cm³/mol. The molecular formula is C16H22ClN3. The fourth-order valence-corrected chi connectivity index (χ4v) is 4.74. The van der Waals surface area contributed by atoms with Crippen molar-refractivity contribution < 1.29 is 0 Å². The van der Waals surface area contributed by atoms with E-state index in [9.17, 15) is 0 Å². The number of fused-ring (bicyclic) bond motifs is 3. The molecule has 1 aliphatic heterocycles. The molecule has 2 fully saturated rings. The predicted octanol–water partition coefficient (Wildman–Crippen LogP) is 3.64. The summed E-state index contributed by atoms with van der Waals surface area (Å²) in [6.45, 7) is 4.74. The molecule has 4 heteroatoms. The van der Waals surface area contributed by atoms with Gasteiger partial charge in [-0.15, -0.1) is 0 Å². The van der Waals surface area contributed by atoms with Gasteiger partial charge in [0.05, 0.1) is 5.69 Å². The molecule has 0 spiro atoms. The van der Waals surface area contributed by atoms with E-state index in [1.165, 1.54) is 43.4 Å². The highest BCUT2D eigenvalue weighted by Crippen LogP contribution is 2.47. The van der Waals surface area contributed by atoms with Crippen molar-refractivity contribution in [2.24, 2.45) is 11.3 Å². The van der Waals surface area contributed by atoms with Gasteiger partial charge in [0.1, 0.15) is 5.82 Å². The van der Waals surface area contributed by atoms with Gasteiger partial charge in [-0.25, -0.2) is 9.97 Å². The van der Waals surface area contributed by atoms with Crippen molar-refractivity contribution in [3.63, 3.8) is 0 Å². The molecule has 3 nitrogen and oxygen atoms in total. The smallest absolute Gasteiger partial charge is 0.224 e. The van der Waals surface area contributed by atoms with Crippen LogP contribution in [0.25, 0.3) is 0 Å². The summed E-state index contributed by atoms with van der Waals surface area (Å²) in [7, 11) is 0. The number of rotatable bonds is 1. The third-order valence-corrected chi connectivity index (χ3v) is 5.59. The van der Waals surface area contributed by atoms with Crippen molar-refractivity contribution in [1.29, 1.82) is 0 Å². The molecule has 1 aromatic rings. The molecule has 2 atom stereocenters. The van der Waals surface area contributed by atoms with Crippen LogP contribution in [-0.2, 0) is 12.8 Å². The van der Waals surface area contributed by atoms with Crippen LogP contribution in [0.3, 0.4) is 0 Å². The molecule has 1 saturated heterocycles. The normalized spacial score (nSPS) is 32.3. The summed E-state index contributed by atoms with van der Waals surface area (Å²) in [5.41, 5.74) is 3.07. The van der Waals surface area contributed by atoms with Crippen LogP contribution in [0.2, 0.25) is 5.28 Å². The molecule has 1 aromatic heterocycles. The van der Waals surface area contributed by atoms with E-state index in [0.29, 0.717) is 10.7 Å². The first-order valence-corrected chi connectivity index (χ1v) is 8.31. The molecule has 0 aromatic carbocycles. The van der Waals surface area contributed by atoms with Gasteiger partial charge in [-0.1, -0.05) is 6.92 Å². The van der Waals surface area contributed by atoms with E-state index >= 15 is 0 Å². The fraction of sp³-hybridized carbons (Fsp3) is 0.750. The Balaban J connectivity index is 1.73. The van der Waals surface area contributed by atoms with E-state index < -0.39 is 0 Å². The zero-order valence-corrected chi connectivity index (χ0v) is 12.9. The van der Waals surface area contributed by atoms with E-state index in [2.05, 4.69) is 21.8 Å². The van der Waals surface area contributed by atoms with Gasteiger partial charge in [-0.2, -0.15) is 0 Å². The molecule has 0 unspecified atom stereocenters. The van der Waals surface area contributed by atoms with Crippen LogP contribution in [0.5, 0.6) is 0 Å². The molecule has 4 rings (SSSR count). The summed E-state index contributed by atoms with van der Waals surface area (Å²) in [5, 5.41) is 0.434. The highest BCUT2D eigenvalue weighted by molar-refractivity contribution is 6.28. The molecule has 20 heavy (non-hydrogen) atoms. The Labute approximate surface area is 125 Å². The van der Waals surface area contributed by atoms with Crippen molar-refractivity contribution in [1.82, 2.24) is 9.97 Å². The highest BCUT2D eigenvalue weighted by Gasteiger charge is 2.42. The van der Waals surface area contributed by atoms with Crippen molar-refractivity contribution in [3.05, 3.63) is 16.5 Å². The Morgan fingerprint density at radius 3 is 2.95 bits per heavy atom. The summed E-state index contributed by atoms with van der Waals surface area (Å²) in [5.74, 6) is 2.00. The lowest BCUT2D eigenvalue weighted by atomic mass is 9.84. The minimum atomic E-state index is 0.434. The van der Waals surface area contributed by atoms with E-state index in [-0.39, 0.29) is 0 Å². The lowest BCUT2D eigenvalue weighted by molar-refractivity contribution is 0.285. The van der Waals surface area contributed by atoms with Crippen molar-refractivity contribution in [2.45, 2.75) is 51.9 Å². The number of aryl methyl sites for hydroxylation is 1. The number of hydrogen-bond donors (Lipinski definition) is 0. The van der Waals surface area contributed by atoms with Gasteiger partial charge in [-0.3, -0.25) is 0 Å². The minimum absolute atomic E-state index is 0.434. The fourth-order valence-electron chi connectivity index (χ4n) is 4.56. The van der Waals surface area contributed by atoms with Crippen LogP contribution < -0.4 is 4.90 Å². The topological polar surface area (TPSA) is 29.0 Å². The second-order valence-corrected chi connectivity index (χ2v) is 7.59. The molecule has 2 heterocycles. The maximum atomic E-state index is 6.18. The van der Waals surface area contributed by atoms with E-state index in [1.807, 2.05) is 0 Å². The Morgan fingerprint density at radius 1 is 1.25 bits per heavy atom. The maximum Gasteiger partial charge on any atom is 0.224 e. The SMILES string of the molecule is C[C@@]12CC[C@H](CN(c3nc(Cl)nc4c3CCCC4)C1)C2. The minimum Gasteiger partial charge on any atom is -0.355 e. The largest absolute Gasteiger partial charge is 0.355 e. The summed E-state index contributed by atoms with van der Waals surface area (Å²) < 4.78 is 0. The van der Waals surface area contributed by atoms with Gasteiger partial charge in [-0.05, 0) is 67.9 Å². The Morgan fingerprint density at radius 2 is 2.10 bits per heavy atom. The molecule has 0 N–H and O–H groups in total. The highest BCUT2D eigenvalue weighted by atomic mass is 35.5. The number of anilines is 1. The van der Waals surface area contributed by atoms with Gasteiger partial charge in [0.25, 0.3) is 0 Å². The number of nitrogens with zero attached hydrogens (tertiary/aromatic N) is 3. The summed E-state index contributed by atoms with van der Waals surface area (Å²) in [6.07, 6.45) is 8.84. The molecule has 3 aliphatic rings. The first-order chi connectivity index (χ1) is 9.63. The van der Waals surface area contributed by atoms with Gasteiger partial charge in [0, 0.05) is 18.7 Å². The monoisotopic (exact) mass is 291 g/mol. The number of aromatic nitrogens is 2. The van der Waals surface area contributed by atoms with Crippen LogP contribution in [-0.4, -0.2) is 23.1 Å². The molecule has 2 aliphatic carbocycles. The van der Waals surface area contributed by atoms with Gasteiger partial charge < -0.3 is 4.90 Å². The Hall–Kier alpha value is -0.830. The summed E-state index contributed by atoms with van der Waals surface area (Å²) in [6, 6.07) is 0. The third-order valence-electron chi connectivity index (χ3n) is 5.42. The van der Waals surface area contributed by atoms with Crippen molar-refractivity contribution in [2.75, 3.05) is 18.0 Å². The zero-order valence-electron chi connectivity index (χ0n) is 12.2. The average molecular weight is 292 g/mol. The van der Waals surface area contributed by atoms with Crippen molar-refractivity contribution in [3.8, 4) is 0 Å². The second-order valence-electron chi connectivity index (χ2n) is 7.25. The van der Waals surface area contributed by atoms with Crippen LogP contribution >= 0.6 is 11.6 Å². The first kappa shape index (κ1) is 12.9. The quantitative estimate of drug-likeness (QED) is 0.740. The van der Waals surface area contributed by atoms with Gasteiger partial charge in [0.2, 0.25) is 5.28 Å². The average Bonchev–Trinajstić information content (AvgIpc) is 2.71. The van der Waals surface area contributed by atoms with Gasteiger partial charge in [0.15, 0.2) is 0 Å². The zero-order chi connectivity index (χ0) is 13.7. The standard InChI is InChI=1S/C16H22ClN3/c1-16-7-6-11(8-16)9-20(10-16)14-12-4-2-3-5-13(12)18-15(17)19-14/h11H,2-10H2,1H3/t11-,16-/m0/s1. The molecule has 0 amide bonds. The van der Waals surface area contributed by atoms with Crippen LogP contribution in [0, 0.1) is 11.3 Å². The molecule has 0 radical (unpaired) electrons. The lowest BCUT2D eigenvalue weighted by Crippen LogP contribution is -2.42. The Kier molecular flexibility index (Phi) is 2.95. The van der Waals surface area contributed by atoms with Crippen LogP contribution in [0.4, 0.5) is 5.82 Å². The maximum absolute atomic E-state index is 6.18. The van der Waals surface area contributed by atoms with Crippen molar-refractivity contribution >= 4 is 17.4 Å². The van der Waals surface area contributed by atoms with E-state index in [1.54, 1.807) is 0 Å². The number of piperidine rings is 1. The Bertz CT molecular complexity index is 545. The molecule has 1 saturated carbocycles. The number of hydrogen-bond acceptors (Lipinski definition) is 3. The molecule has 2 bridgehead atoms. The van der Waals surface area contributed by atoms with Gasteiger partial charge >= 0.3 is 0 Å². The van der Waals surface area contributed by atoms with Crippen LogP contribution in [0.1, 0.15) is 50.3 Å². The van der Waals surface area contributed by atoms with E-state index in [4.69, 9.17) is 11.6 Å². The third kappa shape index (κ3) is 2.11. The van der Waals surface area contributed by atoms with E-state index in [0.717, 1.165) is 37.7 Å². The lowest BCUT2D eigenvalue weighted by Gasteiger charge is -2.40. The van der Waals surface area contributed by atoms with Crippen LogP contribution in [0.15, 0.2) is 0 Å². The first-order valence-electron chi connectivity index (χ1n) is 7.93.